The van der Waals surface area contributed by atoms with Gasteiger partial charge in [0.1, 0.15) is 13.7 Å². The minimum absolute atomic E-state index is 0.335. The van der Waals surface area contributed by atoms with Gasteiger partial charge in [-0.15, -0.1) is 5.54 Å². The highest BCUT2D eigenvalue weighted by Crippen LogP contribution is 2.24. The molecule has 2 aromatic heterocycles. The minimum Gasteiger partial charge on any atom is -0.443 e. The van der Waals surface area contributed by atoms with Gasteiger partial charge < -0.3 is 4.74 Å². The molecule has 0 spiro atoms. The molecule has 2 heterocycles. The van der Waals surface area contributed by atoms with Crippen molar-refractivity contribution in [3.8, 4) is 22.7 Å². The van der Waals surface area contributed by atoms with Gasteiger partial charge in [0, 0.05) is 28.9 Å². The van der Waals surface area contributed by atoms with E-state index >= 15 is 0 Å². The van der Waals surface area contributed by atoms with Crippen LogP contribution in [0.25, 0.3) is 22.2 Å². The number of carbonyl (C=O) groups is 2. The average Bonchev–Trinajstić information content (AvgIpc) is 2.74. The number of amides is 2. The van der Waals surface area contributed by atoms with Crippen molar-refractivity contribution in [1.82, 2.24) is 20.8 Å². The van der Waals surface area contributed by atoms with E-state index in [0.29, 0.717) is 22.2 Å². The Labute approximate surface area is 195 Å². The second-order valence-electron chi connectivity index (χ2n) is 9.61. The number of rotatable bonds is 2. The molecule has 3 rings (SSSR count). The smallest absolute Gasteiger partial charge is 0.426 e. The van der Waals surface area contributed by atoms with Crippen LogP contribution in [0, 0.1) is 11.5 Å². The summed E-state index contributed by atoms with van der Waals surface area (Å²) < 4.78 is 5.16. The number of hydrogen-bond acceptors (Lipinski definition) is 5. The van der Waals surface area contributed by atoms with E-state index < -0.39 is 25.7 Å². The zero-order valence-electron chi connectivity index (χ0n) is 19.7. The summed E-state index contributed by atoms with van der Waals surface area (Å²) in [6.07, 6.45) is 2.45. The summed E-state index contributed by atoms with van der Waals surface area (Å²) in [4.78, 5) is 33.6. The van der Waals surface area contributed by atoms with Crippen LogP contribution in [0.15, 0.2) is 48.8 Å². The lowest BCUT2D eigenvalue weighted by atomic mass is 10.0. The molecule has 7 nitrogen and oxygen atoms in total. The number of fused-ring (bicyclic) bond motifs is 1. The summed E-state index contributed by atoms with van der Waals surface area (Å²) in [6.45, 7) is 11.8. The average molecular weight is 461 g/mol. The van der Waals surface area contributed by atoms with Crippen LogP contribution < -0.4 is 10.9 Å². The van der Waals surface area contributed by atoms with Gasteiger partial charge in [-0.05, 0) is 45.0 Å². The lowest BCUT2D eigenvalue weighted by Gasteiger charge is -2.19. The maximum absolute atomic E-state index is 12.9. The number of pyridine rings is 2. The Hall–Kier alpha value is -3.70. The fourth-order valence-corrected chi connectivity index (χ4v) is 3.39. The molecule has 0 fully saturated rings. The number of aromatic nitrogens is 2. The van der Waals surface area contributed by atoms with E-state index in [1.807, 2.05) is 24.3 Å². The molecular formula is C25H28N4O3Si. The highest BCUT2D eigenvalue weighted by atomic mass is 28.3. The Morgan fingerprint density at radius 3 is 2.36 bits per heavy atom. The number of hydrogen-bond donors (Lipinski definition) is 2. The summed E-state index contributed by atoms with van der Waals surface area (Å²) in [5.41, 5.74) is 10.7. The Kier molecular flexibility index (Phi) is 6.84. The van der Waals surface area contributed by atoms with Crippen molar-refractivity contribution in [1.29, 1.82) is 0 Å². The number of benzene rings is 1. The molecule has 170 valence electrons. The fraction of sp³-hybridized carbons (Fsp3) is 0.280. The van der Waals surface area contributed by atoms with E-state index in [2.05, 4.69) is 51.9 Å². The molecule has 0 saturated carbocycles. The van der Waals surface area contributed by atoms with Crippen LogP contribution in [-0.2, 0) is 4.74 Å². The molecule has 0 atom stereocenters. The van der Waals surface area contributed by atoms with Crippen LogP contribution in [0.1, 0.15) is 36.7 Å². The normalized spacial score (nSPS) is 11.3. The first-order valence-electron chi connectivity index (χ1n) is 10.6. The van der Waals surface area contributed by atoms with Crippen molar-refractivity contribution >= 4 is 31.0 Å². The van der Waals surface area contributed by atoms with Crippen LogP contribution in [0.4, 0.5) is 4.79 Å². The molecule has 8 heteroatoms. The molecule has 0 bridgehead atoms. The predicted molar refractivity (Wildman–Crippen MR) is 132 cm³/mol. The van der Waals surface area contributed by atoms with E-state index in [1.54, 1.807) is 45.3 Å². The molecule has 0 aliphatic rings. The topological polar surface area (TPSA) is 93.2 Å². The van der Waals surface area contributed by atoms with E-state index in [1.165, 1.54) is 0 Å². The number of nitrogens with one attached hydrogen (secondary N) is 2. The molecule has 0 aliphatic heterocycles. The highest BCUT2D eigenvalue weighted by molar-refractivity contribution is 6.83. The fourth-order valence-electron chi connectivity index (χ4n) is 2.87. The molecular weight excluding hydrogens is 432 g/mol. The zero-order valence-corrected chi connectivity index (χ0v) is 20.7. The standard InChI is InChI=1S/C25H28N4O3Si/c1-25(2,3)32-24(31)29-28-23(30)19-15-22(27-21-11-13-26-16-20(19)21)18-9-7-17(8-10-18)12-14-33(4,5)6/h7-11,13,15-16H,1-6H3,(H,28,30)(H,29,31). The molecule has 2 amide bonds. The van der Waals surface area contributed by atoms with Crippen LogP contribution in [0.2, 0.25) is 19.6 Å². The van der Waals surface area contributed by atoms with E-state index in [9.17, 15) is 9.59 Å². The molecule has 0 saturated heterocycles. The lowest BCUT2D eigenvalue weighted by Crippen LogP contribution is -2.44. The van der Waals surface area contributed by atoms with Crippen molar-refractivity contribution in [3.63, 3.8) is 0 Å². The van der Waals surface area contributed by atoms with Gasteiger partial charge in [-0.1, -0.05) is 37.7 Å². The molecule has 0 radical (unpaired) electrons. The van der Waals surface area contributed by atoms with Gasteiger partial charge in [0.25, 0.3) is 5.91 Å². The molecule has 0 unspecified atom stereocenters. The second-order valence-corrected chi connectivity index (χ2v) is 14.4. The number of nitrogens with zero attached hydrogens (tertiary/aromatic N) is 2. The summed E-state index contributed by atoms with van der Waals surface area (Å²) in [5, 5.41) is 0.572. The highest BCUT2D eigenvalue weighted by Gasteiger charge is 2.18. The van der Waals surface area contributed by atoms with E-state index in [4.69, 9.17) is 4.74 Å². The lowest BCUT2D eigenvalue weighted by molar-refractivity contribution is 0.0483. The van der Waals surface area contributed by atoms with Gasteiger partial charge >= 0.3 is 6.09 Å². The van der Waals surface area contributed by atoms with Crippen molar-refractivity contribution in [3.05, 3.63) is 59.9 Å². The number of hydrazine groups is 1. The summed E-state index contributed by atoms with van der Waals surface area (Å²) >= 11 is 0. The summed E-state index contributed by atoms with van der Waals surface area (Å²) in [7, 11) is -1.46. The Balaban J connectivity index is 1.90. The third-order valence-corrected chi connectivity index (χ3v) is 5.17. The molecule has 2 N–H and O–H groups in total. The number of carbonyl (C=O) groups excluding carboxylic acids is 2. The summed E-state index contributed by atoms with van der Waals surface area (Å²) in [5.74, 6) is 2.73. The van der Waals surface area contributed by atoms with Crippen molar-refractivity contribution < 1.29 is 14.3 Å². The van der Waals surface area contributed by atoms with Gasteiger partial charge in [0.2, 0.25) is 0 Å². The monoisotopic (exact) mass is 460 g/mol. The molecule has 1 aromatic carbocycles. The molecule has 3 aromatic rings. The van der Waals surface area contributed by atoms with Gasteiger partial charge in [-0.25, -0.2) is 15.2 Å². The quantitative estimate of drug-likeness (QED) is 0.329. The zero-order chi connectivity index (χ0) is 24.2. The second kappa shape index (κ2) is 9.43. The van der Waals surface area contributed by atoms with Crippen LogP contribution in [-0.4, -0.2) is 35.6 Å². The van der Waals surface area contributed by atoms with Crippen LogP contribution >= 0.6 is 0 Å². The van der Waals surface area contributed by atoms with Crippen molar-refractivity contribution in [2.45, 2.75) is 46.0 Å². The first-order chi connectivity index (χ1) is 15.4. The Bertz CT molecular complexity index is 1250. The SMILES string of the molecule is CC(C)(C)OC(=O)NNC(=O)c1cc(-c2ccc(C#C[Si](C)(C)C)cc2)nc2ccncc12. The third-order valence-electron chi connectivity index (χ3n) is 4.29. The first kappa shape index (κ1) is 23.9. The minimum atomic E-state index is -1.46. The molecule has 33 heavy (non-hydrogen) atoms. The Morgan fingerprint density at radius 2 is 1.73 bits per heavy atom. The molecule has 0 aliphatic carbocycles. The van der Waals surface area contributed by atoms with E-state index in [0.717, 1.165) is 11.1 Å². The Morgan fingerprint density at radius 1 is 1.03 bits per heavy atom. The van der Waals surface area contributed by atoms with Crippen LogP contribution in [0.5, 0.6) is 0 Å². The maximum Gasteiger partial charge on any atom is 0.426 e. The number of ether oxygens (including phenoxy) is 1. The largest absolute Gasteiger partial charge is 0.443 e. The maximum atomic E-state index is 12.9. The van der Waals surface area contributed by atoms with Crippen LogP contribution in [0.3, 0.4) is 0 Å². The van der Waals surface area contributed by atoms with Gasteiger partial charge in [0.15, 0.2) is 0 Å². The van der Waals surface area contributed by atoms with Crippen molar-refractivity contribution in [2.75, 3.05) is 0 Å². The van der Waals surface area contributed by atoms with Gasteiger partial charge in [-0.2, -0.15) is 0 Å². The van der Waals surface area contributed by atoms with Gasteiger partial charge in [-0.3, -0.25) is 15.2 Å². The first-order valence-corrected chi connectivity index (χ1v) is 14.1. The van der Waals surface area contributed by atoms with Gasteiger partial charge in [0.05, 0.1) is 16.8 Å². The van der Waals surface area contributed by atoms with E-state index in [-0.39, 0.29) is 0 Å². The predicted octanol–water partition coefficient (Wildman–Crippen LogP) is 4.70. The third kappa shape index (κ3) is 6.89. The van der Waals surface area contributed by atoms with Crippen molar-refractivity contribution in [2.24, 2.45) is 0 Å². The summed E-state index contributed by atoms with van der Waals surface area (Å²) in [6, 6.07) is 11.2.